The number of unbranched alkanes of at least 4 members (excludes halogenated alkanes) is 2. The van der Waals surface area contributed by atoms with Crippen molar-refractivity contribution in [3.8, 4) is 0 Å². The Balaban J connectivity index is 1.17. The third kappa shape index (κ3) is 30.6. The number of thioether (sulfide) groups is 1. The number of nitrogens with two attached hydrogens (primary N) is 3. The van der Waals surface area contributed by atoms with Crippen molar-refractivity contribution in [3.05, 3.63) is 126 Å². The first-order valence-corrected chi connectivity index (χ1v) is 45.0. The van der Waals surface area contributed by atoms with Gasteiger partial charge in [0.05, 0.1) is 38.2 Å². The molecule has 3 aromatic carbocycles. The van der Waals surface area contributed by atoms with Crippen LogP contribution in [-0.2, 0) is 107 Å². The Morgan fingerprint density at radius 3 is 1.67 bits per heavy atom. The van der Waals surface area contributed by atoms with Gasteiger partial charge in [-0.1, -0.05) is 120 Å². The van der Waals surface area contributed by atoms with Crippen LogP contribution in [0.25, 0.3) is 21.8 Å². The zero-order chi connectivity index (χ0) is 95.7. The number of H-pyrrole nitrogens is 3. The summed E-state index contributed by atoms with van der Waals surface area (Å²) in [4.78, 5) is 265. The number of imidazole rings is 1. The summed E-state index contributed by atoms with van der Waals surface area (Å²) in [5.41, 5.74) is 20.0. The van der Waals surface area contributed by atoms with Crippen LogP contribution in [0.3, 0.4) is 0 Å². The number of aromatic amines is 3. The fourth-order valence-electron chi connectivity index (χ4n) is 15.5. The van der Waals surface area contributed by atoms with E-state index < -0.39 is 223 Å². The van der Waals surface area contributed by atoms with Crippen LogP contribution >= 0.6 is 11.8 Å². The zero-order valence-electron chi connectivity index (χ0n) is 74.9. The number of primary amides is 2. The van der Waals surface area contributed by atoms with Crippen molar-refractivity contribution in [2.45, 2.75) is 216 Å². The third-order valence-corrected chi connectivity index (χ3v) is 23.7. The van der Waals surface area contributed by atoms with Crippen molar-refractivity contribution in [2.75, 3.05) is 65.4 Å². The Morgan fingerprint density at radius 2 is 1.08 bits per heavy atom. The third-order valence-electron chi connectivity index (χ3n) is 22.7. The van der Waals surface area contributed by atoms with E-state index in [2.05, 4.69) is 83.7 Å². The van der Waals surface area contributed by atoms with Gasteiger partial charge in [0.2, 0.25) is 100 Å². The van der Waals surface area contributed by atoms with E-state index in [-0.39, 0.29) is 89.6 Å². The lowest BCUT2D eigenvalue weighted by atomic mass is 10.0. The molecule has 0 spiro atoms. The van der Waals surface area contributed by atoms with Crippen molar-refractivity contribution >= 4 is 140 Å². The van der Waals surface area contributed by atoms with Gasteiger partial charge in [-0.3, -0.25) is 86.9 Å². The van der Waals surface area contributed by atoms with E-state index in [0.717, 1.165) is 31.4 Å². The lowest BCUT2D eigenvalue weighted by Gasteiger charge is -2.33. The monoisotopic (exact) mass is 1840 g/mol. The molecular formula is C88H124N24O18S. The minimum absolute atomic E-state index is 0.000787. The van der Waals surface area contributed by atoms with Crippen LogP contribution in [0, 0.1) is 11.3 Å². The predicted molar refractivity (Wildman–Crippen MR) is 485 cm³/mol. The summed E-state index contributed by atoms with van der Waals surface area (Å²) in [6, 6.07) is 2.79. The first-order chi connectivity index (χ1) is 62.5. The number of nitrogens with zero attached hydrogens (tertiary/aromatic N) is 5. The van der Waals surface area contributed by atoms with Gasteiger partial charge in [0.15, 0.2) is 5.96 Å². The summed E-state index contributed by atoms with van der Waals surface area (Å²) in [6.07, 6.45) is 5.92. The standard InChI is InChI=1S/C88H124N24O18S/c1-9-11-26-60-85(128)111(8)69(30-12-10-2)82(125)101-59(29-20-32-94-88(91)92)77(120)108-68(76(119)97-43-72(90)115)46-131-47-74(117)100-65(35-51-22-14-13-15-23-51)86(129)110(7)50(5)75(118)105-66(39-71(89)114)87(130)112-33-21-31-70(112)83(126)104-63(38-54-42-93-48-98-54)80(123)106-64(34-49(3)4)84(127)109(6)44-73(116)99-61(36-52-40-95-57-27-18-16-24-55(52)57)78(121)107-67(45-113)81(124)103-62(79(122)102-60)37-53-41-96-58-28-19-17-25-56(53)58/h13-19,22-25,27-28,40-42,48-50,59-70,95-96,113H,9-12,20-21,26,29-39,43-47H2,1-8H3,(H2,89,114)(H2,90,115)(H,93,98)(H,97,119)(H,99,116)(H,100,117)(H,101,125)(H,102,122)(H,103,124)(H,104,126)(H,105,118)(H,106,123)(H,107,121)(H,108,120)(H4,91,92,94)/t50-,59-,60-,61-,62-,63-,64-,65-,66-,67-,68-,69-,70?/m0/s1. The summed E-state index contributed by atoms with van der Waals surface area (Å²) in [7, 11) is 3.87. The van der Waals surface area contributed by atoms with E-state index in [1.165, 1.54) is 40.6 Å². The largest absolute Gasteiger partial charge is 0.394 e. The zero-order valence-corrected chi connectivity index (χ0v) is 75.7. The Hall–Kier alpha value is -13.5. The molecule has 17 amide bonds. The van der Waals surface area contributed by atoms with Gasteiger partial charge in [0, 0.05) is 112 Å². The molecule has 2 aliphatic rings. The molecule has 0 aliphatic carbocycles. The molecule has 2 saturated heterocycles. The lowest BCUT2D eigenvalue weighted by molar-refractivity contribution is -0.145. The molecule has 5 heterocycles. The fourth-order valence-corrected chi connectivity index (χ4v) is 16.3. The Kier molecular flexibility index (Phi) is 39.6. The smallest absolute Gasteiger partial charge is 0.246 e. The van der Waals surface area contributed by atoms with Crippen molar-refractivity contribution < 1.29 is 86.6 Å². The maximum absolute atomic E-state index is 15.4. The second-order valence-electron chi connectivity index (χ2n) is 33.3. The Morgan fingerprint density at radius 1 is 0.542 bits per heavy atom. The second kappa shape index (κ2) is 50.5. The summed E-state index contributed by atoms with van der Waals surface area (Å²) in [6.45, 7) is 5.90. The minimum Gasteiger partial charge on any atom is -0.394 e. The maximum Gasteiger partial charge on any atom is 0.246 e. The van der Waals surface area contributed by atoms with E-state index >= 15 is 19.2 Å². The van der Waals surface area contributed by atoms with Gasteiger partial charge in [0.1, 0.15) is 78.5 Å². The van der Waals surface area contributed by atoms with E-state index in [1.807, 2.05) is 13.8 Å². The molecule has 710 valence electrons. The molecule has 6 aromatic rings. The van der Waals surface area contributed by atoms with Crippen LogP contribution < -0.4 is 81.0 Å². The Bertz CT molecular complexity index is 5010. The summed E-state index contributed by atoms with van der Waals surface area (Å²) >= 11 is 0.793. The molecule has 3 aromatic heterocycles. The van der Waals surface area contributed by atoms with E-state index in [0.29, 0.717) is 69.9 Å². The predicted octanol–water partition coefficient (Wildman–Crippen LogP) is -2.48. The number of benzene rings is 3. The highest BCUT2D eigenvalue weighted by molar-refractivity contribution is 8.00. The average molecular weight is 1840 g/mol. The quantitative estimate of drug-likeness (QED) is 0.0152. The molecule has 1 unspecified atom stereocenters. The van der Waals surface area contributed by atoms with Crippen molar-refractivity contribution in [2.24, 2.45) is 23.1 Å². The molecule has 42 nitrogen and oxygen atoms in total. The van der Waals surface area contributed by atoms with Gasteiger partial charge in [-0.25, -0.2) is 4.98 Å². The maximum atomic E-state index is 15.4. The second-order valence-corrected chi connectivity index (χ2v) is 34.3. The average Bonchev–Trinajstić information content (AvgIpc) is 1.69. The number of nitrogens with one attached hydrogen (secondary N) is 16. The van der Waals surface area contributed by atoms with Gasteiger partial charge in [0.25, 0.3) is 0 Å². The lowest BCUT2D eigenvalue weighted by Crippen LogP contribution is -2.61. The summed E-state index contributed by atoms with van der Waals surface area (Å²) in [5.74, 6) is -17.3. The number of guanidine groups is 1. The number of aromatic nitrogens is 4. The van der Waals surface area contributed by atoms with Crippen LogP contribution in [0.4, 0.5) is 0 Å². The molecule has 8 rings (SSSR count). The van der Waals surface area contributed by atoms with Crippen molar-refractivity contribution in [1.82, 2.24) is 103 Å². The highest BCUT2D eigenvalue weighted by Crippen LogP contribution is 2.25. The topological polar surface area (TPSA) is 630 Å². The number of carbonyl (C=O) groups excluding carboxylic acids is 17. The molecule has 2 aliphatic heterocycles. The number of para-hydroxylation sites is 2. The molecular weight excluding hydrogens is 1710 g/mol. The van der Waals surface area contributed by atoms with E-state index in [4.69, 9.17) is 22.6 Å². The highest BCUT2D eigenvalue weighted by Gasteiger charge is 2.43. The number of hydrogen-bond donors (Lipinski definition) is 20. The van der Waals surface area contributed by atoms with Gasteiger partial charge in [-0.2, -0.15) is 0 Å². The Labute approximate surface area is 762 Å². The summed E-state index contributed by atoms with van der Waals surface area (Å²) < 4.78 is 0. The number of rotatable bonds is 26. The molecule has 2 fully saturated rings. The molecule has 13 atom stereocenters. The molecule has 23 N–H and O–H groups in total. The van der Waals surface area contributed by atoms with Crippen LogP contribution in [0.15, 0.2) is 104 Å². The van der Waals surface area contributed by atoms with Gasteiger partial charge in [-0.05, 0) is 86.6 Å². The fraction of sp³-hybridized carbons (Fsp3) is 0.511. The van der Waals surface area contributed by atoms with Gasteiger partial charge in [-0.15, -0.1) is 11.8 Å². The first-order valence-electron chi connectivity index (χ1n) is 43.8. The van der Waals surface area contributed by atoms with E-state index in [9.17, 15) is 67.4 Å². The number of hydrogen-bond acceptors (Lipinski definition) is 21. The SMILES string of the molecule is CCCC[C@@H]1NC(=O)[C@H](Cc2c[nH]c3ccccc23)NC(=O)[C@H](CO)NC(=O)[C@H](Cc2c[nH]c3ccccc23)NC(=O)CN(C)C(=O)[C@H](CC(C)C)NC(=O)[C@H](Cc2cnc[nH]2)NC(=O)C2CCCN2C(=O)[C@H](CC(N)=O)NC(=O)[C@H](C)N(C)C(=O)[C@H](Cc2ccccc2)NC(=O)CSC[C@@H](C(=O)NCC(N)=O)NC(=O)[C@H](CCCNC(=N)N)NC(=O)[C@H](CCCC)N(C)C1=O. The number of aliphatic hydroxyl groups is 1. The van der Waals surface area contributed by atoms with Gasteiger partial charge < -0.3 is 121 Å². The molecule has 0 bridgehead atoms. The van der Waals surface area contributed by atoms with Crippen molar-refractivity contribution in [3.63, 3.8) is 0 Å². The van der Waals surface area contributed by atoms with Crippen LogP contribution in [0.2, 0.25) is 0 Å². The normalized spacial score (nSPS) is 23.5. The molecule has 43 heteroatoms. The molecule has 0 saturated carbocycles. The minimum atomic E-state index is -1.85. The highest BCUT2D eigenvalue weighted by atomic mass is 32.2. The van der Waals surface area contributed by atoms with Gasteiger partial charge >= 0.3 is 0 Å². The number of carbonyl (C=O) groups is 17. The number of fused-ring (bicyclic) bond motifs is 3. The van der Waals surface area contributed by atoms with Crippen LogP contribution in [0.1, 0.15) is 134 Å². The number of amides is 17. The first kappa shape index (κ1) is 103. The summed E-state index contributed by atoms with van der Waals surface area (Å²) in [5, 5.41) is 52.0. The van der Waals surface area contributed by atoms with Crippen LogP contribution in [-0.4, -0.2) is 295 Å². The number of aliphatic hydroxyl groups excluding tert-OH is 1. The molecule has 0 radical (unpaired) electrons. The molecule has 131 heavy (non-hydrogen) atoms. The van der Waals surface area contributed by atoms with E-state index in [1.54, 1.807) is 105 Å². The van der Waals surface area contributed by atoms with Crippen molar-refractivity contribution in [1.29, 1.82) is 5.41 Å². The van der Waals surface area contributed by atoms with Crippen LogP contribution in [0.5, 0.6) is 0 Å². The number of likely N-dealkylation sites (N-methyl/N-ethyl adjacent to an activating group) is 3.